The van der Waals surface area contributed by atoms with Gasteiger partial charge in [-0.1, -0.05) is 306 Å². The largest absolute Gasteiger partial charge is 0.462 e. The van der Waals surface area contributed by atoms with Gasteiger partial charge in [-0.3, -0.25) is 14.4 Å². The lowest BCUT2D eigenvalue weighted by Gasteiger charge is -2.18. The highest BCUT2D eigenvalue weighted by Gasteiger charge is 2.19. The van der Waals surface area contributed by atoms with Crippen LogP contribution in [0.25, 0.3) is 0 Å². The number of rotatable bonds is 61. The molecule has 0 saturated heterocycles. The molecule has 0 aromatic heterocycles. The number of esters is 3. The van der Waals surface area contributed by atoms with Crippen molar-refractivity contribution in [2.45, 2.75) is 354 Å². The van der Waals surface area contributed by atoms with Gasteiger partial charge in [0.2, 0.25) is 0 Å². The first-order valence-electron chi connectivity index (χ1n) is 33.3. The fraction of sp³-hybridized carbons (Fsp3) is 0.814. The van der Waals surface area contributed by atoms with Crippen LogP contribution in [0.5, 0.6) is 0 Å². The van der Waals surface area contributed by atoms with Gasteiger partial charge in [-0.2, -0.15) is 0 Å². The fourth-order valence-electron chi connectivity index (χ4n) is 9.79. The Kier molecular flexibility index (Phi) is 62.2. The van der Waals surface area contributed by atoms with Crippen LogP contribution in [-0.2, 0) is 28.6 Å². The van der Waals surface area contributed by atoms with E-state index in [1.54, 1.807) is 0 Å². The van der Waals surface area contributed by atoms with Crippen LogP contribution >= 0.6 is 0 Å². The van der Waals surface area contributed by atoms with E-state index in [0.29, 0.717) is 19.3 Å². The maximum atomic E-state index is 12.9. The average Bonchev–Trinajstić information content (AvgIpc) is 3.42. The number of hydrogen-bond donors (Lipinski definition) is 0. The Morgan fingerprint density at radius 2 is 0.513 bits per heavy atom. The van der Waals surface area contributed by atoms with Crippen LogP contribution in [0.3, 0.4) is 0 Å². The molecule has 0 amide bonds. The second-order valence-electron chi connectivity index (χ2n) is 22.4. The van der Waals surface area contributed by atoms with Gasteiger partial charge in [0, 0.05) is 19.3 Å². The summed E-state index contributed by atoms with van der Waals surface area (Å²) >= 11 is 0. The molecule has 76 heavy (non-hydrogen) atoms. The van der Waals surface area contributed by atoms with E-state index < -0.39 is 6.10 Å². The molecule has 1 atom stereocenters. The number of allylic oxidation sites excluding steroid dienone is 10. The Morgan fingerprint density at radius 1 is 0.276 bits per heavy atom. The monoisotopic (exact) mass is 1060 g/mol. The van der Waals surface area contributed by atoms with E-state index >= 15 is 0 Å². The van der Waals surface area contributed by atoms with Gasteiger partial charge in [-0.25, -0.2) is 0 Å². The Balaban J connectivity index is 4.24. The first-order chi connectivity index (χ1) is 37.5. The second kappa shape index (κ2) is 64.6. The van der Waals surface area contributed by atoms with E-state index in [1.807, 2.05) is 0 Å². The molecule has 6 nitrogen and oxygen atoms in total. The molecule has 0 aliphatic rings. The number of hydrogen-bond acceptors (Lipinski definition) is 6. The number of carbonyl (C=O) groups is 3. The molecule has 6 heteroatoms. The molecule has 0 spiro atoms. The molecular formula is C70H126O6. The Morgan fingerprint density at radius 3 is 0.829 bits per heavy atom. The van der Waals surface area contributed by atoms with Crippen LogP contribution in [0.15, 0.2) is 60.8 Å². The predicted octanol–water partition coefficient (Wildman–Crippen LogP) is 22.7. The lowest BCUT2D eigenvalue weighted by molar-refractivity contribution is -0.167. The summed E-state index contributed by atoms with van der Waals surface area (Å²) in [5, 5.41) is 0. The molecule has 0 N–H and O–H groups in total. The molecule has 0 heterocycles. The topological polar surface area (TPSA) is 78.9 Å². The van der Waals surface area contributed by atoms with E-state index in [-0.39, 0.29) is 31.1 Å². The molecule has 0 aliphatic heterocycles. The highest BCUT2D eigenvalue weighted by atomic mass is 16.6. The summed E-state index contributed by atoms with van der Waals surface area (Å²) in [6.07, 6.45) is 82.5. The Bertz CT molecular complexity index is 1360. The standard InChI is InChI=1S/C70H126O6/c1-4-7-10-13-16-19-22-25-27-29-31-32-33-34-35-36-37-38-39-41-42-45-48-51-54-57-60-63-69(72)75-66-67(65-74-68(71)62-59-56-53-50-47-44-24-21-18-15-12-9-6-3)76-70(73)64-61-58-55-52-49-46-43-40-30-28-26-23-20-17-14-11-8-5-2/h9,12,18,20-21,23,28,30,44,47,67H,4-8,10-11,13-17,19,22,24-27,29,31-43,45-46,48-66H2,1-3H3/b12-9-,21-18-,23-20-,30-28-,47-44-. The van der Waals surface area contributed by atoms with Crippen molar-refractivity contribution in [3.05, 3.63) is 60.8 Å². The molecule has 442 valence electrons. The van der Waals surface area contributed by atoms with Crippen LogP contribution < -0.4 is 0 Å². The van der Waals surface area contributed by atoms with E-state index in [9.17, 15) is 14.4 Å². The van der Waals surface area contributed by atoms with Crippen molar-refractivity contribution in [1.29, 1.82) is 0 Å². The zero-order valence-corrected chi connectivity index (χ0v) is 50.8. The van der Waals surface area contributed by atoms with Gasteiger partial charge in [0.1, 0.15) is 13.2 Å². The van der Waals surface area contributed by atoms with Gasteiger partial charge < -0.3 is 14.2 Å². The molecule has 0 aromatic carbocycles. The van der Waals surface area contributed by atoms with Crippen molar-refractivity contribution in [3.8, 4) is 0 Å². The molecule has 0 fully saturated rings. The zero-order chi connectivity index (χ0) is 55.0. The first kappa shape index (κ1) is 73.1. The minimum absolute atomic E-state index is 0.0840. The molecule has 0 saturated carbocycles. The smallest absolute Gasteiger partial charge is 0.306 e. The van der Waals surface area contributed by atoms with Crippen LogP contribution in [-0.4, -0.2) is 37.2 Å². The minimum Gasteiger partial charge on any atom is -0.462 e. The number of ether oxygens (including phenoxy) is 3. The summed E-state index contributed by atoms with van der Waals surface area (Å²) in [5.74, 6) is -0.905. The molecule has 0 aliphatic carbocycles. The molecule has 0 bridgehead atoms. The molecule has 0 radical (unpaired) electrons. The van der Waals surface area contributed by atoms with Gasteiger partial charge in [0.05, 0.1) is 0 Å². The fourth-order valence-corrected chi connectivity index (χ4v) is 9.79. The molecule has 0 rings (SSSR count). The van der Waals surface area contributed by atoms with Gasteiger partial charge in [-0.15, -0.1) is 0 Å². The quantitative estimate of drug-likeness (QED) is 0.0261. The van der Waals surface area contributed by atoms with E-state index in [2.05, 4.69) is 81.5 Å². The first-order valence-corrected chi connectivity index (χ1v) is 33.3. The van der Waals surface area contributed by atoms with Gasteiger partial charge in [-0.05, 0) is 83.5 Å². The lowest BCUT2D eigenvalue weighted by atomic mass is 10.0. The minimum atomic E-state index is -0.790. The summed E-state index contributed by atoms with van der Waals surface area (Å²) in [7, 11) is 0. The lowest BCUT2D eigenvalue weighted by Crippen LogP contribution is -2.30. The third-order valence-corrected chi connectivity index (χ3v) is 14.8. The molecular weight excluding hydrogens is 937 g/mol. The van der Waals surface area contributed by atoms with E-state index in [4.69, 9.17) is 14.2 Å². The van der Waals surface area contributed by atoms with Crippen molar-refractivity contribution < 1.29 is 28.6 Å². The van der Waals surface area contributed by atoms with Gasteiger partial charge in [0.25, 0.3) is 0 Å². The zero-order valence-electron chi connectivity index (χ0n) is 50.8. The second-order valence-corrected chi connectivity index (χ2v) is 22.4. The van der Waals surface area contributed by atoms with Crippen LogP contribution in [0.4, 0.5) is 0 Å². The summed E-state index contributed by atoms with van der Waals surface area (Å²) in [5.41, 5.74) is 0. The summed E-state index contributed by atoms with van der Waals surface area (Å²) in [4.78, 5) is 38.3. The van der Waals surface area contributed by atoms with Gasteiger partial charge >= 0.3 is 17.9 Å². The maximum absolute atomic E-state index is 12.9. The Labute approximate surface area is 472 Å². The van der Waals surface area contributed by atoms with Crippen molar-refractivity contribution in [2.75, 3.05) is 13.2 Å². The van der Waals surface area contributed by atoms with Crippen LogP contribution in [0, 0.1) is 0 Å². The third kappa shape index (κ3) is 62.0. The average molecular weight is 1060 g/mol. The number of unbranched alkanes of at least 4 members (excludes halogenated alkanes) is 40. The predicted molar refractivity (Wildman–Crippen MR) is 330 cm³/mol. The molecule has 0 aromatic rings. The molecule has 1 unspecified atom stereocenters. The normalized spacial score (nSPS) is 12.4. The number of carbonyl (C=O) groups excluding carboxylic acids is 3. The summed E-state index contributed by atoms with van der Waals surface area (Å²) < 4.78 is 16.9. The highest BCUT2D eigenvalue weighted by Crippen LogP contribution is 2.18. The highest BCUT2D eigenvalue weighted by molar-refractivity contribution is 5.71. The van der Waals surface area contributed by atoms with E-state index in [1.165, 1.54) is 212 Å². The van der Waals surface area contributed by atoms with Gasteiger partial charge in [0.15, 0.2) is 6.10 Å². The van der Waals surface area contributed by atoms with Crippen molar-refractivity contribution in [3.63, 3.8) is 0 Å². The van der Waals surface area contributed by atoms with Crippen molar-refractivity contribution in [2.24, 2.45) is 0 Å². The van der Waals surface area contributed by atoms with E-state index in [0.717, 1.165) is 96.3 Å². The third-order valence-electron chi connectivity index (χ3n) is 14.8. The summed E-state index contributed by atoms with van der Waals surface area (Å²) in [6.45, 7) is 6.53. The SMILES string of the molecule is CC/C=C\C/C=C\C/C=C\CCCCCC(=O)OCC(COC(=O)CCCCCCCCCCCCCCCCCCCCCCCCCCCCC)OC(=O)CCCCCCCCC/C=C\C/C=C\CCCCCC. The van der Waals surface area contributed by atoms with Crippen LogP contribution in [0.2, 0.25) is 0 Å². The van der Waals surface area contributed by atoms with Crippen LogP contribution in [0.1, 0.15) is 348 Å². The van der Waals surface area contributed by atoms with Crippen molar-refractivity contribution in [1.82, 2.24) is 0 Å². The van der Waals surface area contributed by atoms with Crippen molar-refractivity contribution >= 4 is 17.9 Å². The Hall–Kier alpha value is -2.89. The maximum Gasteiger partial charge on any atom is 0.306 e. The summed E-state index contributed by atoms with van der Waals surface area (Å²) in [6, 6.07) is 0.